The Labute approximate surface area is 160 Å². The van der Waals surface area contributed by atoms with E-state index in [1.54, 1.807) is 0 Å². The number of nitrogens with zero attached hydrogens (tertiary/aromatic N) is 1. The Hall–Kier alpha value is -2.61. The van der Waals surface area contributed by atoms with Crippen molar-refractivity contribution >= 4 is 5.91 Å². The van der Waals surface area contributed by atoms with Gasteiger partial charge in [-0.05, 0) is 18.4 Å². The first-order chi connectivity index (χ1) is 13.3. The number of carbonyl (C=O) groups is 1. The van der Waals surface area contributed by atoms with E-state index in [-0.39, 0.29) is 35.9 Å². The summed E-state index contributed by atoms with van der Waals surface area (Å²) in [5, 5.41) is 2.65. The van der Waals surface area contributed by atoms with Crippen molar-refractivity contribution in [3.8, 4) is 5.75 Å². The van der Waals surface area contributed by atoms with Crippen LogP contribution in [0.4, 0.5) is 13.2 Å². The Bertz CT molecular complexity index is 806. The normalized spacial score (nSPS) is 19.0. The van der Waals surface area contributed by atoms with Gasteiger partial charge in [0.25, 0.3) is 0 Å². The van der Waals surface area contributed by atoms with Gasteiger partial charge in [-0.2, -0.15) is 13.2 Å². The van der Waals surface area contributed by atoms with Crippen LogP contribution in [-0.2, 0) is 28.9 Å². The second kappa shape index (κ2) is 8.60. The van der Waals surface area contributed by atoms with Crippen LogP contribution in [0.1, 0.15) is 29.8 Å². The van der Waals surface area contributed by atoms with Crippen molar-refractivity contribution in [3.63, 3.8) is 0 Å². The van der Waals surface area contributed by atoms with Crippen LogP contribution >= 0.6 is 0 Å². The molecule has 28 heavy (non-hydrogen) atoms. The van der Waals surface area contributed by atoms with Crippen molar-refractivity contribution in [2.24, 2.45) is 5.92 Å². The van der Waals surface area contributed by atoms with Crippen LogP contribution in [0.2, 0.25) is 0 Å². The van der Waals surface area contributed by atoms with E-state index in [0.29, 0.717) is 19.4 Å². The smallest absolute Gasteiger partial charge is 0.433 e. The average Bonchev–Trinajstić information content (AvgIpc) is 2.65. The lowest BCUT2D eigenvalue weighted by Crippen LogP contribution is -2.42. The van der Waals surface area contributed by atoms with Crippen LogP contribution < -0.4 is 10.1 Å². The maximum Gasteiger partial charge on any atom is 0.433 e. The summed E-state index contributed by atoms with van der Waals surface area (Å²) in [5.41, 5.74) is 0.116. The molecule has 1 fully saturated rings. The zero-order valence-electron chi connectivity index (χ0n) is 15.3. The number of nitrogens with one attached hydrogen (secondary N) is 1. The Morgan fingerprint density at radius 1 is 1.21 bits per heavy atom. The molecule has 8 heteroatoms. The highest BCUT2D eigenvalue weighted by Crippen LogP contribution is 2.32. The predicted octanol–water partition coefficient (Wildman–Crippen LogP) is 3.72. The molecule has 0 unspecified atom stereocenters. The van der Waals surface area contributed by atoms with Crippen LogP contribution in [0.5, 0.6) is 5.75 Å². The summed E-state index contributed by atoms with van der Waals surface area (Å²) in [4.78, 5) is 15.8. The number of alkyl halides is 3. The van der Waals surface area contributed by atoms with E-state index < -0.39 is 11.9 Å². The molecule has 1 amide bonds. The molecule has 150 valence electrons. The Morgan fingerprint density at radius 2 is 1.93 bits per heavy atom. The summed E-state index contributed by atoms with van der Waals surface area (Å²) in [5.74, 6) is -0.365. The van der Waals surface area contributed by atoms with Crippen molar-refractivity contribution in [2.45, 2.75) is 38.3 Å². The maximum absolute atomic E-state index is 12.9. The molecule has 5 nitrogen and oxygen atoms in total. The Morgan fingerprint density at radius 3 is 2.57 bits per heavy atom. The Kier molecular flexibility index (Phi) is 6.18. The van der Waals surface area contributed by atoms with E-state index >= 15 is 0 Å². The van der Waals surface area contributed by atoms with Crippen molar-refractivity contribution < 1.29 is 27.4 Å². The zero-order valence-corrected chi connectivity index (χ0v) is 15.3. The molecule has 0 spiro atoms. The summed E-state index contributed by atoms with van der Waals surface area (Å²) in [6, 6.07) is 12.0. The van der Waals surface area contributed by atoms with Crippen LogP contribution in [0.15, 0.2) is 42.5 Å². The molecule has 0 aliphatic heterocycles. The predicted molar refractivity (Wildman–Crippen MR) is 95.4 cm³/mol. The lowest BCUT2D eigenvalue weighted by molar-refractivity contribution is -0.141. The lowest BCUT2D eigenvalue weighted by Gasteiger charge is -2.34. The average molecular weight is 394 g/mol. The van der Waals surface area contributed by atoms with Gasteiger partial charge in [0.1, 0.15) is 11.4 Å². The molecular formula is C20H21F3N2O3. The molecule has 1 aromatic carbocycles. The highest BCUT2D eigenvalue weighted by molar-refractivity contribution is 5.79. The van der Waals surface area contributed by atoms with Crippen LogP contribution in [-0.4, -0.2) is 24.1 Å². The largest absolute Gasteiger partial charge is 0.497 e. The first-order valence-corrected chi connectivity index (χ1v) is 8.90. The summed E-state index contributed by atoms with van der Waals surface area (Å²) >= 11 is 0. The monoisotopic (exact) mass is 394 g/mol. The van der Waals surface area contributed by atoms with Crippen molar-refractivity contribution in [3.05, 3.63) is 59.4 Å². The summed E-state index contributed by atoms with van der Waals surface area (Å²) in [7, 11) is 1.28. The number of rotatable bonds is 7. The highest BCUT2D eigenvalue weighted by atomic mass is 19.4. The standard InChI is InChI=1S/C20H21F3N2O3/c1-27-16-9-15(25-18(10-16)20(21,22)23)11-24-19(26)14-7-17(8-14)28-12-13-5-3-2-4-6-13/h2-6,9-10,14,17H,7-8,11-12H2,1H3,(H,24,26). The molecule has 0 radical (unpaired) electrons. The Balaban J connectivity index is 1.46. The number of amides is 1. The van der Waals surface area contributed by atoms with Crippen LogP contribution in [0, 0.1) is 5.92 Å². The van der Waals surface area contributed by atoms with E-state index in [1.165, 1.54) is 13.2 Å². The van der Waals surface area contributed by atoms with Gasteiger partial charge in [-0.1, -0.05) is 30.3 Å². The lowest BCUT2D eigenvalue weighted by atomic mass is 9.81. The van der Waals surface area contributed by atoms with Crippen molar-refractivity contribution in [2.75, 3.05) is 7.11 Å². The van der Waals surface area contributed by atoms with Gasteiger partial charge in [-0.25, -0.2) is 4.98 Å². The number of methoxy groups -OCH3 is 1. The van der Waals surface area contributed by atoms with Crippen LogP contribution in [0.3, 0.4) is 0 Å². The van der Waals surface area contributed by atoms with Gasteiger partial charge in [0, 0.05) is 18.1 Å². The molecule has 1 saturated carbocycles. The number of ether oxygens (including phenoxy) is 2. The highest BCUT2D eigenvalue weighted by Gasteiger charge is 2.36. The number of carbonyl (C=O) groups excluding carboxylic acids is 1. The molecule has 0 saturated heterocycles. The van der Waals surface area contributed by atoms with Gasteiger partial charge in [0.2, 0.25) is 5.91 Å². The van der Waals surface area contributed by atoms with Crippen molar-refractivity contribution in [1.82, 2.24) is 10.3 Å². The molecule has 1 heterocycles. The fourth-order valence-corrected chi connectivity index (χ4v) is 2.94. The van der Waals surface area contributed by atoms with E-state index in [2.05, 4.69) is 10.3 Å². The molecule has 1 N–H and O–H groups in total. The summed E-state index contributed by atoms with van der Waals surface area (Å²) < 4.78 is 49.3. The number of benzene rings is 1. The number of hydrogen-bond acceptors (Lipinski definition) is 4. The van der Waals surface area contributed by atoms with Gasteiger partial charge in [-0.15, -0.1) is 0 Å². The molecule has 2 aromatic rings. The van der Waals surface area contributed by atoms with E-state index in [0.717, 1.165) is 11.6 Å². The minimum Gasteiger partial charge on any atom is -0.497 e. The van der Waals surface area contributed by atoms with Gasteiger partial charge in [-0.3, -0.25) is 4.79 Å². The summed E-state index contributed by atoms with van der Waals surface area (Å²) in [6.45, 7) is 0.402. The van der Waals surface area contributed by atoms with Crippen LogP contribution in [0.25, 0.3) is 0 Å². The molecule has 1 aliphatic rings. The molecule has 0 bridgehead atoms. The molecule has 0 atom stereocenters. The van der Waals surface area contributed by atoms with Gasteiger partial charge in [0.15, 0.2) is 0 Å². The zero-order chi connectivity index (χ0) is 20.1. The number of aromatic nitrogens is 1. The van der Waals surface area contributed by atoms with E-state index in [9.17, 15) is 18.0 Å². The first kappa shape index (κ1) is 20.1. The third-order valence-corrected chi connectivity index (χ3v) is 4.62. The molecular weight excluding hydrogens is 373 g/mol. The topological polar surface area (TPSA) is 60.5 Å². The quantitative estimate of drug-likeness (QED) is 0.778. The van der Waals surface area contributed by atoms with Gasteiger partial charge < -0.3 is 14.8 Å². The number of halogens is 3. The van der Waals surface area contributed by atoms with E-state index in [1.807, 2.05) is 30.3 Å². The first-order valence-electron chi connectivity index (χ1n) is 8.90. The minimum atomic E-state index is -4.58. The maximum atomic E-state index is 12.9. The molecule has 3 rings (SSSR count). The number of pyridine rings is 1. The van der Waals surface area contributed by atoms with Gasteiger partial charge >= 0.3 is 6.18 Å². The summed E-state index contributed by atoms with van der Waals surface area (Å²) in [6.07, 6.45) is -3.37. The van der Waals surface area contributed by atoms with E-state index in [4.69, 9.17) is 9.47 Å². The fourth-order valence-electron chi connectivity index (χ4n) is 2.94. The molecule has 1 aliphatic carbocycles. The number of hydrogen-bond donors (Lipinski definition) is 1. The third kappa shape index (κ3) is 5.22. The third-order valence-electron chi connectivity index (χ3n) is 4.62. The second-order valence-corrected chi connectivity index (χ2v) is 6.69. The minimum absolute atomic E-state index is 0.0164. The SMILES string of the molecule is COc1cc(CNC(=O)C2CC(OCc3ccccc3)C2)nc(C(F)(F)F)c1. The molecule has 1 aromatic heterocycles. The van der Waals surface area contributed by atoms with Crippen molar-refractivity contribution in [1.29, 1.82) is 0 Å². The van der Waals surface area contributed by atoms with Gasteiger partial charge in [0.05, 0.1) is 32.1 Å². The fraction of sp³-hybridized carbons (Fsp3) is 0.400. The second-order valence-electron chi connectivity index (χ2n) is 6.69.